The van der Waals surface area contributed by atoms with Gasteiger partial charge in [-0.05, 0) is 53.6 Å². The summed E-state index contributed by atoms with van der Waals surface area (Å²) < 4.78 is 1.66. The molecule has 8 heteroatoms. The van der Waals surface area contributed by atoms with E-state index in [1.165, 1.54) is 0 Å². The van der Waals surface area contributed by atoms with Crippen molar-refractivity contribution in [1.82, 2.24) is 15.0 Å². The van der Waals surface area contributed by atoms with Crippen LogP contribution in [-0.2, 0) is 24.8 Å². The number of halogens is 1. The Bertz CT molecular complexity index is 1330. The van der Waals surface area contributed by atoms with Crippen LogP contribution in [0.2, 0.25) is 5.02 Å². The van der Waals surface area contributed by atoms with Crippen molar-refractivity contribution in [1.29, 1.82) is 0 Å². The Balaban J connectivity index is 1.29. The predicted molar refractivity (Wildman–Crippen MR) is 119 cm³/mol. The third-order valence-electron chi connectivity index (χ3n) is 5.41. The molecule has 0 atom stereocenters. The molecule has 3 aromatic carbocycles. The van der Waals surface area contributed by atoms with E-state index < -0.39 is 0 Å². The monoisotopic (exact) mass is 431 g/mol. The van der Waals surface area contributed by atoms with Gasteiger partial charge >= 0.3 is 0 Å². The van der Waals surface area contributed by atoms with Gasteiger partial charge in [-0.25, -0.2) is 4.68 Å². The molecule has 0 unspecified atom stereocenters. The van der Waals surface area contributed by atoms with Crippen molar-refractivity contribution < 1.29 is 9.59 Å². The Kier molecular flexibility index (Phi) is 4.67. The van der Waals surface area contributed by atoms with E-state index in [1.54, 1.807) is 34.8 Å². The minimum absolute atomic E-state index is 0.0500. The van der Waals surface area contributed by atoms with Gasteiger partial charge in [-0.15, -0.1) is 5.10 Å². The fourth-order valence-corrected chi connectivity index (χ4v) is 3.93. The number of hydrogen-bond acceptors (Lipinski definition) is 4. The zero-order valence-electron chi connectivity index (χ0n) is 16.7. The van der Waals surface area contributed by atoms with Crippen LogP contribution in [-0.4, -0.2) is 26.8 Å². The van der Waals surface area contributed by atoms with Gasteiger partial charge in [-0.3, -0.25) is 9.59 Å². The summed E-state index contributed by atoms with van der Waals surface area (Å²) in [6.07, 6.45) is 0.386. The maximum atomic E-state index is 12.6. The number of carbonyl (C=O) groups excluding carboxylic acids is 2. The van der Waals surface area contributed by atoms with Crippen LogP contribution < -0.4 is 10.2 Å². The van der Waals surface area contributed by atoms with Gasteiger partial charge in [0.25, 0.3) is 5.91 Å². The summed E-state index contributed by atoms with van der Waals surface area (Å²) in [6.45, 7) is 0.448. The van der Waals surface area contributed by atoms with Gasteiger partial charge in [0.1, 0.15) is 5.52 Å². The molecule has 2 heterocycles. The minimum atomic E-state index is -0.224. The molecule has 0 saturated carbocycles. The lowest BCUT2D eigenvalue weighted by atomic mass is 10.1. The number of aryl methyl sites for hydroxylation is 1. The molecule has 2 amide bonds. The summed E-state index contributed by atoms with van der Waals surface area (Å²) in [5.41, 5.74) is 5.51. The van der Waals surface area contributed by atoms with Crippen molar-refractivity contribution in [2.75, 3.05) is 10.2 Å². The highest BCUT2D eigenvalue weighted by atomic mass is 35.5. The molecule has 0 aliphatic carbocycles. The number of amides is 2. The second-order valence-corrected chi connectivity index (χ2v) is 7.93. The first-order valence-electron chi connectivity index (χ1n) is 9.76. The van der Waals surface area contributed by atoms with Crippen molar-refractivity contribution in [2.45, 2.75) is 13.0 Å². The number of hydrogen-bond donors (Lipinski definition) is 1. The summed E-state index contributed by atoms with van der Waals surface area (Å²) in [6, 6.07) is 18.3. The van der Waals surface area contributed by atoms with Crippen LogP contribution in [0.25, 0.3) is 11.0 Å². The van der Waals surface area contributed by atoms with Gasteiger partial charge in [0, 0.05) is 29.0 Å². The highest BCUT2D eigenvalue weighted by Crippen LogP contribution is 2.32. The number of fused-ring (bicyclic) bond motifs is 2. The van der Waals surface area contributed by atoms with Crippen LogP contribution in [0.3, 0.4) is 0 Å². The van der Waals surface area contributed by atoms with Crippen LogP contribution >= 0.6 is 11.6 Å². The molecule has 0 bridgehead atoms. The molecular formula is C23H18ClN5O2. The quantitative estimate of drug-likeness (QED) is 0.530. The summed E-state index contributed by atoms with van der Waals surface area (Å²) >= 11 is 6.11. The summed E-state index contributed by atoms with van der Waals surface area (Å²) in [5.74, 6) is -0.173. The molecule has 1 aliphatic heterocycles. The Morgan fingerprint density at radius 2 is 1.90 bits per heavy atom. The maximum absolute atomic E-state index is 12.6. The molecular weight excluding hydrogens is 414 g/mol. The van der Waals surface area contributed by atoms with Gasteiger partial charge < -0.3 is 10.2 Å². The zero-order chi connectivity index (χ0) is 21.5. The van der Waals surface area contributed by atoms with Crippen LogP contribution in [0.4, 0.5) is 11.4 Å². The number of rotatable bonds is 4. The number of nitrogens with one attached hydrogen (secondary N) is 1. The highest BCUT2D eigenvalue weighted by molar-refractivity contribution is 6.31. The number of aromatic nitrogens is 3. The van der Waals surface area contributed by atoms with E-state index in [0.29, 0.717) is 34.8 Å². The van der Waals surface area contributed by atoms with Crippen LogP contribution in [0, 0.1) is 0 Å². The molecule has 1 aliphatic rings. The Morgan fingerprint density at radius 3 is 2.71 bits per heavy atom. The molecule has 5 rings (SSSR count). The van der Waals surface area contributed by atoms with Crippen molar-refractivity contribution in [3.05, 3.63) is 82.4 Å². The average Bonchev–Trinajstić information content (AvgIpc) is 3.28. The fraction of sp³-hybridized carbons (Fsp3) is 0.130. The smallest absolute Gasteiger partial charge is 0.255 e. The average molecular weight is 432 g/mol. The van der Waals surface area contributed by atoms with Gasteiger partial charge in [0.05, 0.1) is 18.5 Å². The minimum Gasteiger partial charge on any atom is -0.322 e. The van der Waals surface area contributed by atoms with E-state index in [-0.39, 0.29) is 11.8 Å². The summed E-state index contributed by atoms with van der Waals surface area (Å²) in [7, 11) is 1.81. The molecule has 1 aromatic heterocycles. The van der Waals surface area contributed by atoms with Gasteiger partial charge in [-0.1, -0.05) is 35.0 Å². The van der Waals surface area contributed by atoms with E-state index in [4.69, 9.17) is 11.6 Å². The third-order valence-corrected chi connectivity index (χ3v) is 5.64. The molecule has 31 heavy (non-hydrogen) atoms. The largest absolute Gasteiger partial charge is 0.322 e. The first-order valence-corrected chi connectivity index (χ1v) is 10.1. The number of nitrogens with zero attached hydrogens (tertiary/aromatic N) is 4. The van der Waals surface area contributed by atoms with Crippen LogP contribution in [0.15, 0.2) is 60.7 Å². The lowest BCUT2D eigenvalue weighted by Gasteiger charge is -2.18. The second-order valence-electron chi connectivity index (χ2n) is 7.50. The van der Waals surface area contributed by atoms with E-state index in [9.17, 15) is 9.59 Å². The van der Waals surface area contributed by atoms with E-state index in [1.807, 2.05) is 42.5 Å². The normalized spacial score (nSPS) is 13.0. The van der Waals surface area contributed by atoms with E-state index in [2.05, 4.69) is 15.6 Å². The number of carbonyl (C=O) groups is 2. The molecule has 7 nitrogen and oxygen atoms in total. The lowest BCUT2D eigenvalue weighted by Crippen LogP contribution is -2.26. The fourth-order valence-electron chi connectivity index (χ4n) is 3.76. The van der Waals surface area contributed by atoms with E-state index >= 15 is 0 Å². The van der Waals surface area contributed by atoms with Gasteiger partial charge in [-0.2, -0.15) is 0 Å². The first kappa shape index (κ1) is 19.3. The molecule has 4 aromatic rings. The highest BCUT2D eigenvalue weighted by Gasteiger charge is 2.27. The van der Waals surface area contributed by atoms with Crippen molar-refractivity contribution in [3.63, 3.8) is 0 Å². The number of benzene rings is 3. The van der Waals surface area contributed by atoms with Crippen LogP contribution in [0.1, 0.15) is 21.5 Å². The Hall–Kier alpha value is -3.71. The molecule has 0 spiro atoms. The summed E-state index contributed by atoms with van der Waals surface area (Å²) in [4.78, 5) is 26.8. The standard InChI is InChI=1S/C23H18ClN5O2/c1-28-20-9-5-16(10-19(20)26-27-28)23(31)25-18-7-2-14(3-8-18)13-29-21-12-17(24)6-4-15(21)11-22(29)30/h2-10,12H,11,13H2,1H3,(H,25,31). The van der Waals surface area contributed by atoms with Gasteiger partial charge in [0.15, 0.2) is 0 Å². The molecule has 0 radical (unpaired) electrons. The molecule has 0 saturated heterocycles. The van der Waals surface area contributed by atoms with Crippen molar-refractivity contribution in [2.24, 2.45) is 7.05 Å². The molecule has 1 N–H and O–H groups in total. The first-order chi connectivity index (χ1) is 15.0. The molecule has 154 valence electrons. The SMILES string of the molecule is Cn1nnc2cc(C(=O)Nc3ccc(CN4C(=O)Cc5ccc(Cl)cc54)cc3)ccc21. The third kappa shape index (κ3) is 3.64. The summed E-state index contributed by atoms with van der Waals surface area (Å²) in [5, 5.41) is 11.5. The maximum Gasteiger partial charge on any atom is 0.255 e. The second kappa shape index (κ2) is 7.52. The lowest BCUT2D eigenvalue weighted by molar-refractivity contribution is -0.117. The van der Waals surface area contributed by atoms with Crippen molar-refractivity contribution >= 4 is 45.8 Å². The Labute approximate surface area is 183 Å². The van der Waals surface area contributed by atoms with Crippen LogP contribution in [0.5, 0.6) is 0 Å². The predicted octanol–water partition coefficient (Wildman–Crippen LogP) is 3.96. The number of anilines is 2. The Morgan fingerprint density at radius 1 is 1.10 bits per heavy atom. The molecule has 0 fully saturated rings. The zero-order valence-corrected chi connectivity index (χ0v) is 17.4. The van der Waals surface area contributed by atoms with Gasteiger partial charge in [0.2, 0.25) is 5.91 Å². The topological polar surface area (TPSA) is 80.1 Å². The van der Waals surface area contributed by atoms with E-state index in [0.717, 1.165) is 22.3 Å². The van der Waals surface area contributed by atoms with Crippen molar-refractivity contribution in [3.8, 4) is 0 Å².